The molecule has 18 heavy (non-hydrogen) atoms. The lowest BCUT2D eigenvalue weighted by molar-refractivity contribution is 1.08. The molecule has 0 fully saturated rings. The van der Waals surface area contributed by atoms with Crippen molar-refractivity contribution >= 4 is 28.4 Å². The SMILES string of the molecule is CNc1nc(-c2cccc(C)c2C)nc(C)c1I. The number of nitrogens with one attached hydrogen (secondary N) is 1. The summed E-state index contributed by atoms with van der Waals surface area (Å²) in [5.74, 6) is 1.68. The van der Waals surface area contributed by atoms with Crippen molar-refractivity contribution in [3.63, 3.8) is 0 Å². The van der Waals surface area contributed by atoms with E-state index < -0.39 is 0 Å². The molecule has 1 heterocycles. The minimum Gasteiger partial charge on any atom is -0.372 e. The average molecular weight is 353 g/mol. The topological polar surface area (TPSA) is 37.8 Å². The maximum Gasteiger partial charge on any atom is 0.162 e. The maximum absolute atomic E-state index is 4.59. The molecule has 0 spiro atoms. The summed E-state index contributed by atoms with van der Waals surface area (Å²) in [4.78, 5) is 9.19. The van der Waals surface area contributed by atoms with Gasteiger partial charge in [-0.15, -0.1) is 0 Å². The Kier molecular flexibility index (Phi) is 3.85. The highest BCUT2D eigenvalue weighted by molar-refractivity contribution is 14.1. The second-order valence-corrected chi connectivity index (χ2v) is 5.37. The van der Waals surface area contributed by atoms with E-state index in [1.165, 1.54) is 11.1 Å². The fourth-order valence-corrected chi connectivity index (χ4v) is 2.35. The Morgan fingerprint density at radius 3 is 2.50 bits per heavy atom. The molecule has 2 aromatic rings. The third kappa shape index (κ3) is 2.34. The second-order valence-electron chi connectivity index (χ2n) is 4.29. The first-order valence-corrected chi connectivity index (χ1v) is 6.91. The molecule has 0 aliphatic rings. The van der Waals surface area contributed by atoms with Crippen LogP contribution in [0.4, 0.5) is 5.82 Å². The molecule has 1 aromatic heterocycles. The second kappa shape index (κ2) is 5.22. The highest BCUT2D eigenvalue weighted by atomic mass is 127. The molecular formula is C14H16IN3. The molecule has 4 heteroatoms. The van der Waals surface area contributed by atoms with Gasteiger partial charge in [-0.05, 0) is 54.5 Å². The molecule has 0 unspecified atom stereocenters. The summed E-state index contributed by atoms with van der Waals surface area (Å²) in [5, 5.41) is 3.12. The molecule has 0 radical (unpaired) electrons. The largest absolute Gasteiger partial charge is 0.372 e. The normalized spacial score (nSPS) is 10.5. The van der Waals surface area contributed by atoms with Gasteiger partial charge in [0.2, 0.25) is 0 Å². The van der Waals surface area contributed by atoms with E-state index in [0.717, 1.165) is 26.5 Å². The van der Waals surface area contributed by atoms with Crippen LogP contribution in [0.1, 0.15) is 16.8 Å². The van der Waals surface area contributed by atoms with Crippen molar-refractivity contribution < 1.29 is 0 Å². The van der Waals surface area contributed by atoms with Gasteiger partial charge < -0.3 is 5.32 Å². The van der Waals surface area contributed by atoms with Gasteiger partial charge in [-0.25, -0.2) is 9.97 Å². The van der Waals surface area contributed by atoms with Gasteiger partial charge in [0.05, 0.1) is 9.26 Å². The lowest BCUT2D eigenvalue weighted by Crippen LogP contribution is -2.03. The summed E-state index contributed by atoms with van der Waals surface area (Å²) in [6.07, 6.45) is 0. The molecule has 0 aliphatic carbocycles. The van der Waals surface area contributed by atoms with Gasteiger partial charge >= 0.3 is 0 Å². The summed E-state index contributed by atoms with van der Waals surface area (Å²) in [6.45, 7) is 6.23. The van der Waals surface area contributed by atoms with Crippen LogP contribution in [0.15, 0.2) is 18.2 Å². The van der Waals surface area contributed by atoms with Gasteiger partial charge in [-0.3, -0.25) is 0 Å². The van der Waals surface area contributed by atoms with Gasteiger partial charge in [-0.1, -0.05) is 18.2 Å². The van der Waals surface area contributed by atoms with Crippen LogP contribution >= 0.6 is 22.6 Å². The van der Waals surface area contributed by atoms with Crippen LogP contribution in [0.25, 0.3) is 11.4 Å². The van der Waals surface area contributed by atoms with Crippen LogP contribution in [0.2, 0.25) is 0 Å². The van der Waals surface area contributed by atoms with Gasteiger partial charge in [0.15, 0.2) is 5.82 Å². The molecule has 0 amide bonds. The van der Waals surface area contributed by atoms with E-state index in [2.05, 4.69) is 63.9 Å². The predicted molar refractivity (Wildman–Crippen MR) is 83.9 cm³/mol. The number of rotatable bonds is 2. The molecular weight excluding hydrogens is 337 g/mol. The highest BCUT2D eigenvalue weighted by Crippen LogP contribution is 2.26. The first kappa shape index (κ1) is 13.3. The van der Waals surface area contributed by atoms with Crippen molar-refractivity contribution in [2.45, 2.75) is 20.8 Å². The van der Waals surface area contributed by atoms with Crippen molar-refractivity contribution in [3.8, 4) is 11.4 Å². The van der Waals surface area contributed by atoms with Crippen LogP contribution in [-0.2, 0) is 0 Å². The monoisotopic (exact) mass is 353 g/mol. The molecule has 2 rings (SSSR count). The van der Waals surface area contributed by atoms with Crippen molar-refractivity contribution in [1.82, 2.24) is 9.97 Å². The number of hydrogen-bond donors (Lipinski definition) is 1. The van der Waals surface area contributed by atoms with Gasteiger partial charge in [0.1, 0.15) is 5.82 Å². The van der Waals surface area contributed by atoms with Crippen LogP contribution in [0, 0.1) is 24.3 Å². The average Bonchev–Trinajstić information content (AvgIpc) is 2.36. The molecule has 94 valence electrons. The van der Waals surface area contributed by atoms with E-state index in [4.69, 9.17) is 0 Å². The quantitative estimate of drug-likeness (QED) is 0.837. The third-order valence-corrected chi connectivity index (χ3v) is 4.39. The Morgan fingerprint density at radius 1 is 1.11 bits per heavy atom. The zero-order valence-corrected chi connectivity index (χ0v) is 13.2. The van der Waals surface area contributed by atoms with Crippen LogP contribution in [0.5, 0.6) is 0 Å². The minimum absolute atomic E-state index is 0.790. The summed E-state index contributed by atoms with van der Waals surface area (Å²) in [5.41, 5.74) is 4.61. The zero-order chi connectivity index (χ0) is 13.3. The Hall–Kier alpha value is -1.17. The van der Waals surface area contributed by atoms with E-state index in [9.17, 15) is 0 Å². The summed E-state index contributed by atoms with van der Waals surface area (Å²) in [7, 11) is 1.89. The standard InChI is InChI=1S/C14H16IN3/c1-8-6-5-7-11(9(8)2)13-17-10(3)12(15)14(16-4)18-13/h5-7H,1-4H3,(H,16,17,18). The van der Waals surface area contributed by atoms with Gasteiger partial charge in [0, 0.05) is 12.6 Å². The lowest BCUT2D eigenvalue weighted by Gasteiger charge is -2.11. The van der Waals surface area contributed by atoms with Crippen molar-refractivity contribution in [2.75, 3.05) is 12.4 Å². The third-order valence-electron chi connectivity index (χ3n) is 3.10. The summed E-state index contributed by atoms with van der Waals surface area (Å²) in [6, 6.07) is 6.23. The number of hydrogen-bond acceptors (Lipinski definition) is 3. The van der Waals surface area contributed by atoms with E-state index in [-0.39, 0.29) is 0 Å². The van der Waals surface area contributed by atoms with Crippen molar-refractivity contribution in [1.29, 1.82) is 0 Å². The summed E-state index contributed by atoms with van der Waals surface area (Å²) >= 11 is 2.27. The van der Waals surface area contributed by atoms with E-state index >= 15 is 0 Å². The van der Waals surface area contributed by atoms with Crippen LogP contribution in [0.3, 0.4) is 0 Å². The zero-order valence-electron chi connectivity index (χ0n) is 11.0. The predicted octanol–water partition coefficient (Wildman–Crippen LogP) is 3.72. The first-order chi connectivity index (χ1) is 8.54. The number of aromatic nitrogens is 2. The van der Waals surface area contributed by atoms with Crippen LogP contribution in [-0.4, -0.2) is 17.0 Å². The molecule has 1 N–H and O–H groups in total. The van der Waals surface area contributed by atoms with E-state index in [1.54, 1.807) is 0 Å². The van der Waals surface area contributed by atoms with Gasteiger partial charge in [0.25, 0.3) is 0 Å². The van der Waals surface area contributed by atoms with Crippen molar-refractivity contribution in [3.05, 3.63) is 38.6 Å². The Morgan fingerprint density at radius 2 is 1.83 bits per heavy atom. The molecule has 0 aliphatic heterocycles. The molecule has 0 bridgehead atoms. The fraction of sp³-hybridized carbons (Fsp3) is 0.286. The first-order valence-electron chi connectivity index (χ1n) is 5.83. The number of aryl methyl sites for hydroxylation is 2. The lowest BCUT2D eigenvalue weighted by atomic mass is 10.0. The molecule has 0 atom stereocenters. The summed E-state index contributed by atoms with van der Waals surface area (Å²) < 4.78 is 1.07. The maximum atomic E-state index is 4.59. The Labute approximate surface area is 121 Å². The Bertz CT molecular complexity index is 594. The molecule has 3 nitrogen and oxygen atoms in total. The van der Waals surface area contributed by atoms with E-state index in [1.807, 2.05) is 20.0 Å². The number of nitrogens with zero attached hydrogens (tertiary/aromatic N) is 2. The van der Waals surface area contributed by atoms with E-state index in [0.29, 0.717) is 0 Å². The minimum atomic E-state index is 0.790. The molecule has 1 aromatic carbocycles. The number of anilines is 1. The van der Waals surface area contributed by atoms with Gasteiger partial charge in [-0.2, -0.15) is 0 Å². The fourth-order valence-electron chi connectivity index (χ4n) is 1.84. The number of benzene rings is 1. The van der Waals surface area contributed by atoms with Crippen LogP contribution < -0.4 is 5.32 Å². The smallest absolute Gasteiger partial charge is 0.162 e. The number of halogens is 1. The van der Waals surface area contributed by atoms with Crippen molar-refractivity contribution in [2.24, 2.45) is 0 Å². The highest BCUT2D eigenvalue weighted by Gasteiger charge is 2.11. The Balaban J connectivity index is 2.64. The molecule has 0 saturated carbocycles. The molecule has 0 saturated heterocycles.